The number of rotatable bonds is 1. The van der Waals surface area contributed by atoms with Gasteiger partial charge >= 0.3 is 0 Å². The first-order valence-electron chi connectivity index (χ1n) is 4.51. The van der Waals surface area contributed by atoms with E-state index < -0.39 is 9.66 Å². The topological polar surface area (TPSA) is 0 Å². The molecule has 14 heavy (non-hydrogen) atoms. The fourth-order valence-electron chi connectivity index (χ4n) is 0.942. The van der Waals surface area contributed by atoms with Crippen molar-refractivity contribution >= 4 is 70.8 Å². The lowest BCUT2D eigenvalue weighted by Gasteiger charge is -2.46. The van der Waals surface area contributed by atoms with Gasteiger partial charge in [-0.15, -0.1) is 61.2 Å². The van der Waals surface area contributed by atoms with E-state index in [1.807, 2.05) is 0 Å². The minimum Gasteiger partial charge on any atom is -0.112 e. The van der Waals surface area contributed by atoms with E-state index in [1.54, 1.807) is 0 Å². The molecule has 0 aliphatic carbocycles. The van der Waals surface area contributed by atoms with E-state index >= 15 is 0 Å². The van der Waals surface area contributed by atoms with Gasteiger partial charge in [0.25, 0.3) is 0 Å². The lowest BCUT2D eigenvalue weighted by atomic mass is 10.2. The van der Waals surface area contributed by atoms with Crippen molar-refractivity contribution in [3.05, 3.63) is 0 Å². The molecule has 0 aromatic rings. The third-order valence-corrected chi connectivity index (χ3v) is 68.5. The third kappa shape index (κ3) is 2.97. The Morgan fingerprint density at radius 2 is 0.714 bits per heavy atom. The summed E-state index contributed by atoms with van der Waals surface area (Å²) in [7, 11) is 0. The van der Waals surface area contributed by atoms with Gasteiger partial charge in [-0.05, 0) is 10.1 Å². The highest BCUT2D eigenvalue weighted by Crippen LogP contribution is 2.62. The van der Waals surface area contributed by atoms with Crippen LogP contribution in [-0.4, -0.2) is 9.66 Å². The predicted octanol–water partition coefficient (Wildman–Crippen LogP) is 6.13. The van der Waals surface area contributed by atoms with Crippen LogP contribution in [0.5, 0.6) is 0 Å². The van der Waals surface area contributed by atoms with Crippen LogP contribution in [0.2, 0.25) is 10.1 Å². The van der Waals surface area contributed by atoms with Crippen molar-refractivity contribution in [3.63, 3.8) is 0 Å². The highest BCUT2D eigenvalue weighted by atomic mass is 79.9. The van der Waals surface area contributed by atoms with Crippen molar-refractivity contribution in [3.8, 4) is 0 Å². The van der Waals surface area contributed by atoms with Gasteiger partial charge in [0.1, 0.15) is 0 Å². The molecule has 0 aliphatic heterocycles. The van der Waals surface area contributed by atoms with Gasteiger partial charge < -0.3 is 0 Å². The van der Waals surface area contributed by atoms with E-state index in [9.17, 15) is 0 Å². The summed E-state index contributed by atoms with van der Waals surface area (Å²) in [6.07, 6.45) is 0. The maximum atomic E-state index is 3.98. The number of hydrogen-bond acceptors (Lipinski definition) is 0. The van der Waals surface area contributed by atoms with Crippen LogP contribution in [0.3, 0.4) is 0 Å². The maximum Gasteiger partial charge on any atom is 0.221 e. The van der Waals surface area contributed by atoms with Gasteiger partial charge in [0.15, 0.2) is 0 Å². The van der Waals surface area contributed by atoms with E-state index in [1.165, 1.54) is 0 Å². The lowest BCUT2D eigenvalue weighted by molar-refractivity contribution is 0.734. The van der Waals surface area contributed by atoms with Crippen LogP contribution in [0.4, 0.5) is 0 Å². The zero-order valence-electron chi connectivity index (χ0n) is 9.51. The molecule has 0 nitrogen and oxygen atoms in total. The summed E-state index contributed by atoms with van der Waals surface area (Å²) in [4.78, 5) is -3.34. The van der Waals surface area contributed by atoms with Gasteiger partial charge in [-0.1, -0.05) is 41.5 Å². The molecule has 0 heterocycles. The van der Waals surface area contributed by atoms with Gasteiger partial charge in [-0.2, -0.15) is 0 Å². The minimum atomic E-state index is -1.67. The molecule has 0 unspecified atom stereocenters. The predicted molar refractivity (Wildman–Crippen MR) is 86.6 cm³/mol. The largest absolute Gasteiger partial charge is 0.221 e. The van der Waals surface area contributed by atoms with Crippen molar-refractivity contribution in [2.45, 2.75) is 51.6 Å². The fraction of sp³-hybridized carbons (Fsp3) is 1.00. The molecule has 0 N–H and O–H groups in total. The Labute approximate surface area is 121 Å². The average molecular weight is 490 g/mol. The normalized spacial score (nSPS) is 15.9. The molecule has 0 aromatic heterocycles. The van der Waals surface area contributed by atoms with Crippen molar-refractivity contribution in [2.75, 3.05) is 0 Å². The monoisotopic (exact) mass is 486 g/mol. The van der Waals surface area contributed by atoms with Crippen molar-refractivity contribution < 1.29 is 0 Å². The Bertz CT molecular complexity index is 188. The maximum absolute atomic E-state index is 3.98. The summed E-state index contributed by atoms with van der Waals surface area (Å²) in [6.45, 7) is 13.7. The Balaban J connectivity index is 5.30. The fourth-order valence-corrected chi connectivity index (χ4v) is 29.9. The third-order valence-electron chi connectivity index (χ3n) is 2.28. The molecule has 0 fully saturated rings. The molecule has 0 amide bonds. The van der Waals surface area contributed by atoms with Crippen LogP contribution in [0.1, 0.15) is 41.5 Å². The van der Waals surface area contributed by atoms with E-state index in [4.69, 9.17) is 0 Å². The van der Waals surface area contributed by atoms with Crippen LogP contribution in [-0.2, 0) is 0 Å². The smallest absolute Gasteiger partial charge is 0.112 e. The van der Waals surface area contributed by atoms with E-state index in [0.717, 1.165) is 0 Å². The summed E-state index contributed by atoms with van der Waals surface area (Å²) in [5.41, 5.74) is 0. The summed E-state index contributed by atoms with van der Waals surface area (Å²) in [5.74, 6) is 0. The molecule has 0 saturated carbocycles. The molecule has 0 spiro atoms. The Hall–Kier alpha value is 2.35. The van der Waals surface area contributed by atoms with Crippen LogP contribution >= 0.6 is 61.2 Å². The van der Waals surface area contributed by atoms with Crippen LogP contribution in [0.15, 0.2) is 0 Å². The highest BCUT2D eigenvalue weighted by Gasteiger charge is 2.62. The summed E-state index contributed by atoms with van der Waals surface area (Å²) in [5, 5.41) is 0.555. The average Bonchev–Trinajstić information content (AvgIpc) is 1.81. The molecule has 0 atom stereocenters. The Morgan fingerprint density at radius 3 is 0.786 bits per heavy atom. The van der Waals surface area contributed by atoms with Gasteiger partial charge in [0, 0.05) is 0 Å². The molecular formula is C8H18Br4Si2. The quantitative estimate of drug-likeness (QED) is 0.307. The number of halogens is 4. The second-order valence-corrected chi connectivity index (χ2v) is 44.9. The molecule has 0 aromatic carbocycles. The molecule has 0 bridgehead atoms. The highest BCUT2D eigenvalue weighted by molar-refractivity contribution is 9.66. The van der Waals surface area contributed by atoms with E-state index in [2.05, 4.69) is 103 Å². The summed E-state index contributed by atoms with van der Waals surface area (Å²) >= 11 is 15.9. The van der Waals surface area contributed by atoms with Crippen molar-refractivity contribution in [2.24, 2.45) is 0 Å². The van der Waals surface area contributed by atoms with Crippen molar-refractivity contribution in [1.29, 1.82) is 0 Å². The molecule has 0 rings (SSSR count). The first-order valence-corrected chi connectivity index (χ1v) is 18.5. The standard InChI is InChI=1S/C8H18Br4Si2/c1-7(2,3)13(9,10)14(11,12)8(4,5)6/h1-6H3. The van der Waals surface area contributed by atoms with Crippen LogP contribution < -0.4 is 0 Å². The molecule has 0 aliphatic rings. The second-order valence-electron chi connectivity index (χ2n) is 5.65. The summed E-state index contributed by atoms with van der Waals surface area (Å²) in [6, 6.07) is 0. The Morgan fingerprint density at radius 1 is 0.571 bits per heavy atom. The van der Waals surface area contributed by atoms with Gasteiger partial charge in [0.2, 0.25) is 9.66 Å². The first-order chi connectivity index (χ1) is 5.75. The van der Waals surface area contributed by atoms with Gasteiger partial charge in [-0.25, -0.2) is 0 Å². The van der Waals surface area contributed by atoms with E-state index in [0.29, 0.717) is 0 Å². The minimum absolute atomic E-state index is 0.277. The zero-order chi connectivity index (χ0) is 12.0. The van der Waals surface area contributed by atoms with Crippen molar-refractivity contribution in [1.82, 2.24) is 0 Å². The zero-order valence-corrected chi connectivity index (χ0v) is 17.9. The van der Waals surface area contributed by atoms with E-state index in [-0.39, 0.29) is 10.1 Å². The number of hydrogen-bond donors (Lipinski definition) is 0. The van der Waals surface area contributed by atoms with Crippen LogP contribution in [0, 0.1) is 0 Å². The second kappa shape index (κ2) is 4.55. The van der Waals surface area contributed by atoms with Gasteiger partial charge in [0.05, 0.1) is 0 Å². The molecule has 86 valence electrons. The molecule has 0 saturated heterocycles. The SMILES string of the molecule is CC(C)(C)[Si](Br)(Br)[Si](Br)(Br)C(C)(C)C. The lowest BCUT2D eigenvalue weighted by Crippen LogP contribution is -2.56. The Kier molecular flexibility index (Phi) is 5.32. The molecule has 0 radical (unpaired) electrons. The van der Waals surface area contributed by atoms with Crippen LogP contribution in [0.25, 0.3) is 0 Å². The first kappa shape index (κ1) is 16.4. The molecular weight excluding hydrogens is 472 g/mol. The molecule has 6 heteroatoms. The van der Waals surface area contributed by atoms with Gasteiger partial charge in [-0.3, -0.25) is 0 Å². The summed E-state index contributed by atoms with van der Waals surface area (Å²) < 4.78 is 0.